The summed E-state index contributed by atoms with van der Waals surface area (Å²) >= 11 is 0. The molecule has 0 radical (unpaired) electrons. The molecule has 1 atom stereocenters. The van der Waals surface area contributed by atoms with E-state index in [1.165, 1.54) is 3.97 Å². The molecule has 2 aliphatic rings. The summed E-state index contributed by atoms with van der Waals surface area (Å²) in [7, 11) is -3.78. The molecule has 1 unspecified atom stereocenters. The fraction of sp³-hybridized carbons (Fsp3) is 0.464. The standard InChI is InChI=1S/C28H32N6O3S/c29-14-5-15-32-16-11-21(12-17-32)34-26(10-9-22-6-4-19-37-22)31-25-20-30-28-24(27(25)34)13-18-33(28)38(35,36)23-7-2-1-3-8-23/h1-3,7-8,13,18,20-22H,4-6,9-12,15-17,19H2. The minimum Gasteiger partial charge on any atom is -0.378 e. The molecule has 9 nitrogen and oxygen atoms in total. The first-order valence-corrected chi connectivity index (χ1v) is 14.9. The highest BCUT2D eigenvalue weighted by Crippen LogP contribution is 2.34. The summed E-state index contributed by atoms with van der Waals surface area (Å²) in [6.45, 7) is 3.48. The Morgan fingerprint density at radius 3 is 2.66 bits per heavy atom. The van der Waals surface area contributed by atoms with Crippen molar-refractivity contribution in [1.82, 2.24) is 23.4 Å². The summed E-state index contributed by atoms with van der Waals surface area (Å²) in [5, 5.41) is 9.78. The smallest absolute Gasteiger partial charge is 0.269 e. The number of benzene rings is 1. The van der Waals surface area contributed by atoms with Crippen molar-refractivity contribution in [2.45, 2.75) is 62.0 Å². The van der Waals surface area contributed by atoms with Crippen LogP contribution in [0.25, 0.3) is 22.1 Å². The Morgan fingerprint density at radius 2 is 1.92 bits per heavy atom. The SMILES string of the molecule is N#CCCN1CCC(n2c(CCC3CCCO3)nc3cnc4c(ccn4S(=O)(=O)c4ccccc4)c32)CC1. The van der Waals surface area contributed by atoms with Crippen LogP contribution in [0.5, 0.6) is 0 Å². The van der Waals surface area contributed by atoms with E-state index in [0.29, 0.717) is 12.1 Å². The van der Waals surface area contributed by atoms with Crippen LogP contribution in [-0.4, -0.2) is 64.2 Å². The number of hydrogen-bond acceptors (Lipinski definition) is 7. The molecular formula is C28H32N6O3S. The summed E-state index contributed by atoms with van der Waals surface area (Å²) in [6.07, 6.45) is 9.96. The number of hydrogen-bond donors (Lipinski definition) is 0. The molecule has 4 aromatic rings. The predicted octanol–water partition coefficient (Wildman–Crippen LogP) is 4.29. The van der Waals surface area contributed by atoms with E-state index >= 15 is 0 Å². The van der Waals surface area contributed by atoms with Crippen LogP contribution in [-0.2, 0) is 21.2 Å². The van der Waals surface area contributed by atoms with Crippen LogP contribution < -0.4 is 0 Å². The second-order valence-electron chi connectivity index (χ2n) is 10.2. The molecule has 0 spiro atoms. The summed E-state index contributed by atoms with van der Waals surface area (Å²) in [4.78, 5) is 12.2. The van der Waals surface area contributed by atoms with Gasteiger partial charge in [-0.1, -0.05) is 18.2 Å². The fourth-order valence-electron chi connectivity index (χ4n) is 5.94. The van der Waals surface area contributed by atoms with Gasteiger partial charge in [0.15, 0.2) is 5.65 Å². The fourth-order valence-corrected chi connectivity index (χ4v) is 7.26. The summed E-state index contributed by atoms with van der Waals surface area (Å²) in [5.74, 6) is 1.01. The van der Waals surface area contributed by atoms with Gasteiger partial charge in [-0.15, -0.1) is 0 Å². The molecule has 0 bridgehead atoms. The first-order chi connectivity index (χ1) is 18.6. The lowest BCUT2D eigenvalue weighted by Gasteiger charge is -2.33. The molecule has 2 fully saturated rings. The topological polar surface area (TPSA) is 106 Å². The number of aromatic nitrogens is 4. The lowest BCUT2D eigenvalue weighted by molar-refractivity contribution is 0.103. The zero-order valence-electron chi connectivity index (χ0n) is 21.4. The van der Waals surface area contributed by atoms with Gasteiger partial charge in [-0.2, -0.15) is 5.26 Å². The van der Waals surface area contributed by atoms with Crippen LogP contribution in [0.3, 0.4) is 0 Å². The third kappa shape index (κ3) is 4.59. The molecule has 0 saturated carbocycles. The quantitative estimate of drug-likeness (QED) is 0.333. The normalized spacial score (nSPS) is 19.4. The average molecular weight is 533 g/mol. The van der Waals surface area contributed by atoms with E-state index in [1.54, 1.807) is 42.7 Å². The van der Waals surface area contributed by atoms with Crippen LogP contribution in [0.4, 0.5) is 0 Å². The van der Waals surface area contributed by atoms with Gasteiger partial charge < -0.3 is 14.2 Å². The molecular weight excluding hydrogens is 500 g/mol. The van der Waals surface area contributed by atoms with Crippen LogP contribution >= 0.6 is 0 Å². The largest absolute Gasteiger partial charge is 0.378 e. The Hall–Kier alpha value is -3.26. The van der Waals surface area contributed by atoms with E-state index in [-0.39, 0.29) is 17.0 Å². The number of ether oxygens (including phenoxy) is 1. The zero-order chi connectivity index (χ0) is 26.1. The van der Waals surface area contributed by atoms with Crippen LogP contribution in [0.2, 0.25) is 0 Å². The molecule has 198 valence electrons. The Morgan fingerprint density at radius 1 is 1.11 bits per heavy atom. The highest BCUT2D eigenvalue weighted by molar-refractivity contribution is 7.90. The molecule has 38 heavy (non-hydrogen) atoms. The van der Waals surface area contributed by atoms with Crippen molar-refractivity contribution < 1.29 is 13.2 Å². The lowest BCUT2D eigenvalue weighted by atomic mass is 10.0. The third-order valence-electron chi connectivity index (χ3n) is 7.88. The van der Waals surface area contributed by atoms with E-state index < -0.39 is 10.0 Å². The molecule has 2 aliphatic heterocycles. The van der Waals surface area contributed by atoms with Gasteiger partial charge in [0.1, 0.15) is 11.3 Å². The maximum Gasteiger partial charge on any atom is 0.269 e. The maximum atomic E-state index is 13.5. The highest BCUT2D eigenvalue weighted by Gasteiger charge is 2.28. The van der Waals surface area contributed by atoms with E-state index in [9.17, 15) is 8.42 Å². The number of fused-ring (bicyclic) bond motifs is 3. The van der Waals surface area contributed by atoms with Crippen LogP contribution in [0.15, 0.2) is 53.7 Å². The number of pyridine rings is 1. The highest BCUT2D eigenvalue weighted by atomic mass is 32.2. The first kappa shape index (κ1) is 25.0. The van der Waals surface area contributed by atoms with Crippen molar-refractivity contribution in [2.75, 3.05) is 26.2 Å². The number of aryl methyl sites for hydroxylation is 1. The molecule has 10 heteroatoms. The van der Waals surface area contributed by atoms with Crippen molar-refractivity contribution in [1.29, 1.82) is 5.26 Å². The Kier molecular flexibility index (Phi) is 6.91. The van der Waals surface area contributed by atoms with E-state index in [2.05, 4.69) is 20.5 Å². The van der Waals surface area contributed by atoms with Crippen molar-refractivity contribution >= 4 is 32.1 Å². The monoisotopic (exact) mass is 532 g/mol. The van der Waals surface area contributed by atoms with Crippen molar-refractivity contribution in [3.63, 3.8) is 0 Å². The lowest BCUT2D eigenvalue weighted by Crippen LogP contribution is -2.35. The Bertz CT molecular complexity index is 1570. The van der Waals surface area contributed by atoms with Gasteiger partial charge in [0.05, 0.1) is 28.8 Å². The van der Waals surface area contributed by atoms with Crippen molar-refractivity contribution in [3.8, 4) is 6.07 Å². The van der Waals surface area contributed by atoms with E-state index in [1.807, 2.05) is 6.07 Å². The van der Waals surface area contributed by atoms with Crippen LogP contribution in [0, 0.1) is 11.3 Å². The molecule has 0 aliphatic carbocycles. The maximum absolute atomic E-state index is 13.5. The second-order valence-corrected chi connectivity index (χ2v) is 12.0. The van der Waals surface area contributed by atoms with Crippen LogP contribution in [0.1, 0.15) is 50.4 Å². The van der Waals surface area contributed by atoms with Crippen molar-refractivity contribution in [3.05, 3.63) is 54.6 Å². The molecule has 0 amide bonds. The zero-order valence-corrected chi connectivity index (χ0v) is 22.2. The second kappa shape index (κ2) is 10.5. The van der Waals surface area contributed by atoms with Gasteiger partial charge in [-0.3, -0.25) is 0 Å². The number of likely N-dealkylation sites (tertiary alicyclic amines) is 1. The Balaban J connectivity index is 1.42. The van der Waals surface area contributed by atoms with E-state index in [0.717, 1.165) is 87.0 Å². The third-order valence-corrected chi connectivity index (χ3v) is 9.56. The molecule has 2 saturated heterocycles. The van der Waals surface area contributed by atoms with Gasteiger partial charge in [0.2, 0.25) is 0 Å². The summed E-state index contributed by atoms with van der Waals surface area (Å²) < 4.78 is 36.5. The molecule has 1 aromatic carbocycles. The minimum atomic E-state index is -3.78. The molecule has 6 rings (SSSR count). The average Bonchev–Trinajstić information content (AvgIpc) is 3.70. The number of rotatable bonds is 8. The van der Waals surface area contributed by atoms with Gasteiger partial charge >= 0.3 is 0 Å². The van der Waals surface area contributed by atoms with E-state index in [4.69, 9.17) is 15.0 Å². The van der Waals surface area contributed by atoms with Gasteiger partial charge in [-0.05, 0) is 50.3 Å². The van der Waals surface area contributed by atoms with Gasteiger partial charge in [0.25, 0.3) is 10.0 Å². The number of imidazole rings is 1. The minimum absolute atomic E-state index is 0.231. The molecule has 3 aromatic heterocycles. The van der Waals surface area contributed by atoms with Gasteiger partial charge in [-0.25, -0.2) is 22.4 Å². The number of nitrogens with zero attached hydrogens (tertiary/aromatic N) is 6. The predicted molar refractivity (Wildman–Crippen MR) is 144 cm³/mol. The molecule has 5 heterocycles. The number of piperidine rings is 1. The molecule has 0 N–H and O–H groups in total. The summed E-state index contributed by atoms with van der Waals surface area (Å²) in [6, 6.07) is 12.8. The first-order valence-electron chi connectivity index (χ1n) is 13.4. The van der Waals surface area contributed by atoms with Crippen molar-refractivity contribution in [2.24, 2.45) is 0 Å². The number of nitriles is 1. The Labute approximate surface area is 222 Å². The summed E-state index contributed by atoms with van der Waals surface area (Å²) in [5.41, 5.74) is 2.16. The van der Waals surface area contributed by atoms with Gasteiger partial charge in [0, 0.05) is 56.7 Å².